The van der Waals surface area contributed by atoms with Crippen LogP contribution in [-0.4, -0.2) is 54.3 Å². The number of rotatable bonds is 3. The lowest BCUT2D eigenvalue weighted by Crippen LogP contribution is -2.49. The van der Waals surface area contributed by atoms with Crippen molar-refractivity contribution in [2.75, 3.05) is 38.2 Å². The van der Waals surface area contributed by atoms with Gasteiger partial charge in [0.05, 0.1) is 12.8 Å². The van der Waals surface area contributed by atoms with Gasteiger partial charge in [-0.15, -0.1) is 5.10 Å². The quantitative estimate of drug-likeness (QED) is 0.615. The van der Waals surface area contributed by atoms with Gasteiger partial charge in [-0.25, -0.2) is 4.79 Å². The van der Waals surface area contributed by atoms with E-state index in [0.717, 1.165) is 30.8 Å². The highest BCUT2D eigenvalue weighted by Crippen LogP contribution is 2.26. The largest absolute Gasteiger partial charge is 0.493 e. The minimum Gasteiger partial charge on any atom is -0.493 e. The molecular weight excluding hydrogens is 384 g/mol. The van der Waals surface area contributed by atoms with Crippen LogP contribution >= 0.6 is 0 Å². The number of aryl methyl sites for hydroxylation is 2. The molecule has 2 aromatic heterocycles. The third-order valence-electron chi connectivity index (χ3n) is 5.87. The normalized spacial score (nSPS) is 16.0. The Balaban J connectivity index is 1.33. The van der Waals surface area contributed by atoms with Crippen molar-refractivity contribution in [1.29, 1.82) is 0 Å². The van der Waals surface area contributed by atoms with E-state index in [2.05, 4.69) is 21.2 Å². The summed E-state index contributed by atoms with van der Waals surface area (Å²) in [6.07, 6.45) is 3.19. The minimum absolute atomic E-state index is 0.0431. The molecule has 0 atom stereocenters. The molecule has 0 unspecified atom stereocenters. The second kappa shape index (κ2) is 7.44. The zero-order valence-corrected chi connectivity index (χ0v) is 16.8. The van der Waals surface area contributed by atoms with Crippen LogP contribution in [0.3, 0.4) is 0 Å². The van der Waals surface area contributed by atoms with Gasteiger partial charge in [-0.3, -0.25) is 4.79 Å². The highest BCUT2D eigenvalue weighted by Gasteiger charge is 2.26. The van der Waals surface area contributed by atoms with Crippen molar-refractivity contribution in [3.63, 3.8) is 0 Å². The first-order valence-corrected chi connectivity index (χ1v) is 10.1. The number of aromatic nitrogens is 2. The van der Waals surface area contributed by atoms with Gasteiger partial charge in [0.1, 0.15) is 5.56 Å². The molecule has 8 heteroatoms. The number of fused-ring (bicyclic) bond motifs is 2. The van der Waals surface area contributed by atoms with E-state index in [0.29, 0.717) is 42.9 Å². The van der Waals surface area contributed by atoms with E-state index in [-0.39, 0.29) is 11.5 Å². The van der Waals surface area contributed by atoms with Gasteiger partial charge in [0.2, 0.25) is 0 Å². The van der Waals surface area contributed by atoms with Gasteiger partial charge in [-0.2, -0.15) is 5.10 Å². The van der Waals surface area contributed by atoms with Gasteiger partial charge < -0.3 is 19.0 Å². The third-order valence-corrected chi connectivity index (χ3v) is 5.87. The maximum absolute atomic E-state index is 13.0. The van der Waals surface area contributed by atoms with Crippen LogP contribution in [-0.2, 0) is 12.8 Å². The topological polar surface area (TPSA) is 88.8 Å². The second-order valence-corrected chi connectivity index (χ2v) is 7.63. The maximum Gasteiger partial charge on any atom is 0.349 e. The maximum atomic E-state index is 13.0. The van der Waals surface area contributed by atoms with Crippen molar-refractivity contribution in [2.24, 2.45) is 0 Å². The predicted octanol–water partition coefficient (Wildman–Crippen LogP) is 2.04. The predicted molar refractivity (Wildman–Crippen MR) is 111 cm³/mol. The molecule has 8 nitrogen and oxygen atoms in total. The van der Waals surface area contributed by atoms with E-state index in [1.54, 1.807) is 29.2 Å². The van der Waals surface area contributed by atoms with Crippen LogP contribution in [0.2, 0.25) is 0 Å². The standard InChI is InChI=1S/C22H22N4O4/c1-29-18-7-3-5-15-12-16(22(28)30-20(15)18)21(27)26-10-8-25(9-11-26)19-13-14-4-2-6-17(14)23-24-19/h3,5,7,12-13H,2,4,6,8-11H2,1H3. The van der Waals surface area contributed by atoms with Crippen molar-refractivity contribution >= 4 is 22.7 Å². The van der Waals surface area contributed by atoms with Crippen molar-refractivity contribution in [2.45, 2.75) is 19.3 Å². The number of hydrogen-bond acceptors (Lipinski definition) is 7. The highest BCUT2D eigenvalue weighted by molar-refractivity contribution is 5.97. The number of methoxy groups -OCH3 is 1. The zero-order chi connectivity index (χ0) is 20.7. The second-order valence-electron chi connectivity index (χ2n) is 7.63. The van der Waals surface area contributed by atoms with Gasteiger partial charge in [-0.1, -0.05) is 12.1 Å². The van der Waals surface area contributed by atoms with Crippen LogP contribution in [0, 0.1) is 0 Å². The number of nitrogens with zero attached hydrogens (tertiary/aromatic N) is 4. The summed E-state index contributed by atoms with van der Waals surface area (Å²) in [6, 6.07) is 9.02. The lowest BCUT2D eigenvalue weighted by molar-refractivity contribution is 0.0742. The molecule has 0 spiro atoms. The molecule has 30 heavy (non-hydrogen) atoms. The van der Waals surface area contributed by atoms with Gasteiger partial charge in [0.25, 0.3) is 5.91 Å². The average Bonchev–Trinajstić information content (AvgIpc) is 3.26. The first kappa shape index (κ1) is 18.6. The summed E-state index contributed by atoms with van der Waals surface area (Å²) in [6.45, 7) is 2.30. The Morgan fingerprint density at radius 3 is 2.73 bits per heavy atom. The molecule has 1 fully saturated rings. The fraction of sp³-hybridized carbons (Fsp3) is 0.364. The smallest absolute Gasteiger partial charge is 0.349 e. The molecule has 154 valence electrons. The van der Waals surface area contributed by atoms with Crippen molar-refractivity contribution in [3.05, 3.63) is 57.6 Å². The summed E-state index contributed by atoms with van der Waals surface area (Å²) in [5.41, 5.74) is 2.13. The molecule has 1 saturated heterocycles. The van der Waals surface area contributed by atoms with E-state index in [9.17, 15) is 9.59 Å². The number of anilines is 1. The Bertz CT molecular complexity index is 1180. The lowest BCUT2D eigenvalue weighted by Gasteiger charge is -2.35. The Morgan fingerprint density at radius 1 is 1.10 bits per heavy atom. The Hall–Kier alpha value is -3.42. The molecule has 5 rings (SSSR count). The summed E-state index contributed by atoms with van der Waals surface area (Å²) in [5, 5.41) is 9.37. The van der Waals surface area contributed by atoms with E-state index >= 15 is 0 Å². The van der Waals surface area contributed by atoms with E-state index in [1.165, 1.54) is 12.7 Å². The monoisotopic (exact) mass is 406 g/mol. The molecule has 0 bridgehead atoms. The molecule has 3 heterocycles. The molecule has 0 radical (unpaired) electrons. The van der Waals surface area contributed by atoms with E-state index < -0.39 is 5.63 Å². The van der Waals surface area contributed by atoms with Crippen LogP contribution in [0.1, 0.15) is 28.0 Å². The SMILES string of the molecule is COc1cccc2cc(C(=O)N3CCN(c4cc5c(nn4)CCC5)CC3)c(=O)oc12. The Kier molecular flexibility index (Phi) is 4.61. The summed E-state index contributed by atoms with van der Waals surface area (Å²) in [5.74, 6) is 1.01. The molecule has 0 saturated carbocycles. The van der Waals surface area contributed by atoms with Crippen LogP contribution in [0.25, 0.3) is 11.0 Å². The number of hydrogen-bond donors (Lipinski definition) is 0. The van der Waals surface area contributed by atoms with Gasteiger partial charge >= 0.3 is 5.63 Å². The third kappa shape index (κ3) is 3.18. The summed E-state index contributed by atoms with van der Waals surface area (Å²) in [4.78, 5) is 29.3. The van der Waals surface area contributed by atoms with Gasteiger partial charge in [-0.05, 0) is 43.0 Å². The Morgan fingerprint density at radius 2 is 1.93 bits per heavy atom. The van der Waals surface area contributed by atoms with Crippen molar-refractivity contribution in [3.8, 4) is 5.75 Å². The van der Waals surface area contributed by atoms with Crippen molar-refractivity contribution in [1.82, 2.24) is 15.1 Å². The molecule has 0 N–H and O–H groups in total. The highest BCUT2D eigenvalue weighted by atomic mass is 16.5. The first-order valence-electron chi connectivity index (χ1n) is 10.1. The molecule has 1 aliphatic carbocycles. The molecular formula is C22H22N4O4. The van der Waals surface area contributed by atoms with Gasteiger partial charge in [0.15, 0.2) is 17.2 Å². The molecule has 1 amide bonds. The minimum atomic E-state index is -0.649. The van der Waals surface area contributed by atoms with Crippen LogP contribution in [0.4, 0.5) is 5.82 Å². The number of ether oxygens (including phenoxy) is 1. The lowest BCUT2D eigenvalue weighted by atomic mass is 10.1. The van der Waals surface area contributed by atoms with Crippen LogP contribution < -0.4 is 15.3 Å². The number of piperazine rings is 1. The van der Waals surface area contributed by atoms with E-state index in [1.807, 2.05) is 0 Å². The summed E-state index contributed by atoms with van der Waals surface area (Å²) < 4.78 is 10.6. The van der Waals surface area contributed by atoms with Gasteiger partial charge in [0, 0.05) is 31.6 Å². The number of carbonyl (C=O) groups is 1. The zero-order valence-electron chi connectivity index (χ0n) is 16.8. The number of para-hydroxylation sites is 1. The fourth-order valence-electron chi connectivity index (χ4n) is 4.21. The summed E-state index contributed by atoms with van der Waals surface area (Å²) >= 11 is 0. The molecule has 1 aliphatic heterocycles. The number of amides is 1. The number of benzene rings is 1. The molecule has 1 aromatic carbocycles. The molecule has 3 aromatic rings. The Labute approximate surface area is 173 Å². The number of carbonyl (C=O) groups excluding carboxylic acids is 1. The average molecular weight is 406 g/mol. The van der Waals surface area contributed by atoms with Crippen LogP contribution in [0.5, 0.6) is 5.75 Å². The van der Waals surface area contributed by atoms with E-state index in [4.69, 9.17) is 9.15 Å². The first-order chi connectivity index (χ1) is 14.6. The van der Waals surface area contributed by atoms with Crippen molar-refractivity contribution < 1.29 is 13.9 Å². The summed E-state index contributed by atoms with van der Waals surface area (Å²) in [7, 11) is 1.51. The fourth-order valence-corrected chi connectivity index (χ4v) is 4.21. The van der Waals surface area contributed by atoms with Crippen LogP contribution in [0.15, 0.2) is 39.5 Å². The molecule has 2 aliphatic rings.